The van der Waals surface area contributed by atoms with E-state index < -0.39 is 16.7 Å². The number of benzene rings is 1. The van der Waals surface area contributed by atoms with Crippen LogP contribution in [0.3, 0.4) is 0 Å². The number of likely N-dealkylation sites (tertiary alicyclic amines) is 1. The Morgan fingerprint density at radius 1 is 1.23 bits per heavy atom. The summed E-state index contributed by atoms with van der Waals surface area (Å²) in [6.45, 7) is 7.43. The normalized spacial score (nSPS) is 18.3. The Hall–Kier alpha value is -3.12. The molecule has 3 rings (SSSR count). The third-order valence-corrected chi connectivity index (χ3v) is 6.02. The van der Waals surface area contributed by atoms with Gasteiger partial charge in [0.1, 0.15) is 28.6 Å². The number of Topliss-reactive ketones (excluding diaryl/α,β-unsaturated/α-hetero) is 2. The van der Waals surface area contributed by atoms with Gasteiger partial charge in [-0.3, -0.25) is 14.4 Å². The Morgan fingerprint density at radius 3 is 2.33 bits per heavy atom. The minimum absolute atomic E-state index is 0.145. The van der Waals surface area contributed by atoms with E-state index in [1.165, 1.54) is 7.11 Å². The molecule has 2 fully saturated rings. The number of carbonyl (C=O) groups is 3. The molecule has 1 spiro atoms. The molecule has 1 saturated carbocycles. The molecule has 1 saturated heterocycles. The van der Waals surface area contributed by atoms with Gasteiger partial charge in [0.05, 0.1) is 13.2 Å². The first-order chi connectivity index (χ1) is 14.1. The smallest absolute Gasteiger partial charge is 0.242 e. The molecule has 1 aromatic rings. The van der Waals surface area contributed by atoms with Crippen LogP contribution in [0.2, 0.25) is 0 Å². The van der Waals surface area contributed by atoms with Gasteiger partial charge in [-0.2, -0.15) is 5.26 Å². The second kappa shape index (κ2) is 7.61. The number of nitrogens with zero attached hydrogens (tertiary/aromatic N) is 2. The maximum absolute atomic E-state index is 13.1. The first-order valence-electron chi connectivity index (χ1n) is 9.95. The number of hydrogen-bond donors (Lipinski definition) is 0. The van der Waals surface area contributed by atoms with Crippen molar-refractivity contribution in [3.8, 4) is 23.7 Å². The van der Waals surface area contributed by atoms with Crippen molar-refractivity contribution in [1.29, 1.82) is 5.26 Å². The highest BCUT2D eigenvalue weighted by molar-refractivity contribution is 6.11. The second-order valence-corrected chi connectivity index (χ2v) is 8.90. The first kappa shape index (κ1) is 21.6. The van der Waals surface area contributed by atoms with Crippen molar-refractivity contribution in [2.24, 2.45) is 10.8 Å². The number of aryl methyl sites for hydroxylation is 1. The van der Waals surface area contributed by atoms with Crippen molar-refractivity contribution in [2.45, 2.75) is 46.5 Å². The monoisotopic (exact) mass is 406 g/mol. The molecule has 1 heterocycles. The molecule has 6 heteroatoms. The van der Waals surface area contributed by atoms with E-state index in [1.54, 1.807) is 31.7 Å². The van der Waals surface area contributed by atoms with Crippen LogP contribution in [0.1, 0.15) is 56.2 Å². The van der Waals surface area contributed by atoms with E-state index in [4.69, 9.17) is 4.74 Å². The van der Waals surface area contributed by atoms with E-state index >= 15 is 0 Å². The van der Waals surface area contributed by atoms with Gasteiger partial charge in [0.25, 0.3) is 0 Å². The van der Waals surface area contributed by atoms with Crippen molar-refractivity contribution >= 4 is 17.5 Å². The van der Waals surface area contributed by atoms with Crippen LogP contribution < -0.4 is 4.74 Å². The number of amides is 1. The third kappa shape index (κ3) is 3.59. The SMILES string of the molecule is CC#Cc1cc(C)c(C2C(=O)CC3(CC2=O)CN(C(=O)C(C)(C)C#N)C3)c(OC)c1. The minimum Gasteiger partial charge on any atom is -0.496 e. The molecule has 30 heavy (non-hydrogen) atoms. The average Bonchev–Trinajstić information content (AvgIpc) is 2.66. The molecule has 0 aromatic heterocycles. The number of hydrogen-bond acceptors (Lipinski definition) is 5. The lowest BCUT2D eigenvalue weighted by atomic mass is 9.63. The zero-order chi connectivity index (χ0) is 22.3. The van der Waals surface area contributed by atoms with Crippen LogP contribution in [0.5, 0.6) is 5.75 Å². The van der Waals surface area contributed by atoms with Crippen LogP contribution in [0.15, 0.2) is 12.1 Å². The highest BCUT2D eigenvalue weighted by Crippen LogP contribution is 2.47. The molecule has 0 unspecified atom stereocenters. The first-order valence-corrected chi connectivity index (χ1v) is 9.95. The minimum atomic E-state index is -1.11. The van der Waals surface area contributed by atoms with Gasteiger partial charge in [-0.15, -0.1) is 5.92 Å². The zero-order valence-corrected chi connectivity index (χ0v) is 18.1. The van der Waals surface area contributed by atoms with E-state index in [1.807, 2.05) is 19.1 Å². The van der Waals surface area contributed by atoms with Crippen LogP contribution >= 0.6 is 0 Å². The largest absolute Gasteiger partial charge is 0.496 e. The Kier molecular flexibility index (Phi) is 5.48. The van der Waals surface area contributed by atoms with Crippen molar-refractivity contribution in [3.05, 3.63) is 28.8 Å². The summed E-state index contributed by atoms with van der Waals surface area (Å²) in [5.74, 6) is 4.91. The molecule has 1 amide bonds. The average molecular weight is 406 g/mol. The molecule has 0 bridgehead atoms. The fourth-order valence-electron chi connectivity index (χ4n) is 4.60. The highest BCUT2D eigenvalue weighted by Gasteiger charge is 2.55. The maximum atomic E-state index is 13.1. The van der Waals surface area contributed by atoms with E-state index in [9.17, 15) is 19.6 Å². The lowest BCUT2D eigenvalue weighted by Crippen LogP contribution is -2.63. The van der Waals surface area contributed by atoms with Crippen molar-refractivity contribution in [1.82, 2.24) is 4.90 Å². The Balaban J connectivity index is 1.83. The number of nitriles is 1. The second-order valence-electron chi connectivity index (χ2n) is 8.90. The number of carbonyl (C=O) groups excluding carboxylic acids is 3. The Labute approximate surface area is 177 Å². The lowest BCUT2D eigenvalue weighted by molar-refractivity contribution is -0.159. The summed E-state index contributed by atoms with van der Waals surface area (Å²) in [6, 6.07) is 5.64. The summed E-state index contributed by atoms with van der Waals surface area (Å²) in [5, 5.41) is 9.18. The van der Waals surface area contributed by atoms with Gasteiger partial charge >= 0.3 is 0 Å². The number of methoxy groups -OCH3 is 1. The van der Waals surface area contributed by atoms with Crippen LogP contribution in [-0.4, -0.2) is 42.6 Å². The summed E-state index contributed by atoms with van der Waals surface area (Å²) in [7, 11) is 1.52. The zero-order valence-electron chi connectivity index (χ0n) is 18.1. The van der Waals surface area contributed by atoms with E-state index in [0.717, 1.165) is 11.1 Å². The summed E-state index contributed by atoms with van der Waals surface area (Å²) in [5.41, 5.74) is 0.565. The van der Waals surface area contributed by atoms with Crippen LogP contribution in [0, 0.1) is 40.9 Å². The Bertz CT molecular complexity index is 1010. The number of ketones is 2. The number of ether oxygens (including phenoxy) is 1. The molecule has 1 aliphatic carbocycles. The van der Waals surface area contributed by atoms with E-state index in [0.29, 0.717) is 24.4 Å². The topological polar surface area (TPSA) is 87.5 Å². The van der Waals surface area contributed by atoms with Gasteiger partial charge in [0.15, 0.2) is 0 Å². The lowest BCUT2D eigenvalue weighted by Gasteiger charge is -2.53. The van der Waals surface area contributed by atoms with Crippen LogP contribution in [0.4, 0.5) is 0 Å². The predicted molar refractivity (Wildman–Crippen MR) is 111 cm³/mol. The Morgan fingerprint density at radius 2 is 1.83 bits per heavy atom. The van der Waals surface area contributed by atoms with Gasteiger partial charge in [-0.05, 0) is 45.4 Å². The molecular formula is C24H26N2O4. The maximum Gasteiger partial charge on any atom is 0.242 e. The predicted octanol–water partition coefficient (Wildman–Crippen LogP) is 2.77. The summed E-state index contributed by atoms with van der Waals surface area (Å²) >= 11 is 0. The molecule has 156 valence electrons. The van der Waals surface area contributed by atoms with Crippen molar-refractivity contribution < 1.29 is 19.1 Å². The van der Waals surface area contributed by atoms with Gasteiger partial charge in [0.2, 0.25) is 5.91 Å². The molecule has 0 atom stereocenters. The van der Waals surface area contributed by atoms with Gasteiger partial charge < -0.3 is 9.64 Å². The standard InChI is InChI=1S/C24H26N2O4/c1-6-7-16-8-15(2)20(19(9-16)30-5)21-17(27)10-24(11-18(21)28)13-26(14-24)22(29)23(3,4)12-25/h8-9,21H,10-11,13-14H2,1-5H3. The van der Waals surface area contributed by atoms with Gasteiger partial charge in [-0.25, -0.2) is 0 Å². The van der Waals surface area contributed by atoms with Crippen molar-refractivity contribution in [3.63, 3.8) is 0 Å². The molecule has 1 aliphatic heterocycles. The molecule has 1 aromatic carbocycles. The molecule has 6 nitrogen and oxygen atoms in total. The third-order valence-electron chi connectivity index (χ3n) is 6.02. The fraction of sp³-hybridized carbons (Fsp3) is 0.500. The summed E-state index contributed by atoms with van der Waals surface area (Å²) in [4.78, 5) is 40.3. The van der Waals surface area contributed by atoms with Gasteiger partial charge in [-0.1, -0.05) is 5.92 Å². The summed E-state index contributed by atoms with van der Waals surface area (Å²) < 4.78 is 5.50. The van der Waals surface area contributed by atoms with E-state index in [2.05, 4.69) is 11.8 Å². The molecule has 2 aliphatic rings. The molecule has 0 radical (unpaired) electrons. The summed E-state index contributed by atoms with van der Waals surface area (Å²) in [6.07, 6.45) is 0.471. The number of rotatable bonds is 3. The van der Waals surface area contributed by atoms with Crippen LogP contribution in [0.25, 0.3) is 0 Å². The fourth-order valence-corrected chi connectivity index (χ4v) is 4.60. The quantitative estimate of drug-likeness (QED) is 0.569. The molecule has 0 N–H and O–H groups in total. The van der Waals surface area contributed by atoms with E-state index in [-0.39, 0.29) is 30.3 Å². The van der Waals surface area contributed by atoms with Crippen LogP contribution in [-0.2, 0) is 14.4 Å². The molecular weight excluding hydrogens is 380 g/mol. The highest BCUT2D eigenvalue weighted by atomic mass is 16.5. The van der Waals surface area contributed by atoms with Crippen molar-refractivity contribution in [2.75, 3.05) is 20.2 Å². The van der Waals surface area contributed by atoms with Gasteiger partial charge in [0, 0.05) is 42.5 Å².